The SMILES string of the molecule is COc1ccc(OC)c(S(=O)(=O)NCc2ccc(OC)c(OC)c2OC)c1. The van der Waals surface area contributed by atoms with Gasteiger partial charge in [0, 0.05) is 18.2 Å². The van der Waals surface area contributed by atoms with Crippen LogP contribution in [0.4, 0.5) is 0 Å². The van der Waals surface area contributed by atoms with E-state index in [2.05, 4.69) is 4.72 Å². The lowest BCUT2D eigenvalue weighted by molar-refractivity contribution is 0.322. The van der Waals surface area contributed by atoms with Gasteiger partial charge in [0.1, 0.15) is 16.4 Å². The van der Waals surface area contributed by atoms with Gasteiger partial charge in [-0.2, -0.15) is 0 Å². The minimum Gasteiger partial charge on any atom is -0.497 e. The Morgan fingerprint density at radius 1 is 0.778 bits per heavy atom. The van der Waals surface area contributed by atoms with E-state index in [1.165, 1.54) is 47.7 Å². The fraction of sp³-hybridized carbons (Fsp3) is 0.333. The molecular weight excluding hydrogens is 374 g/mol. The Labute approximate surface area is 159 Å². The van der Waals surface area contributed by atoms with Crippen molar-refractivity contribution in [3.63, 3.8) is 0 Å². The molecule has 148 valence electrons. The Morgan fingerprint density at radius 2 is 1.41 bits per heavy atom. The van der Waals surface area contributed by atoms with E-state index >= 15 is 0 Å². The number of nitrogens with one attached hydrogen (secondary N) is 1. The van der Waals surface area contributed by atoms with Crippen molar-refractivity contribution in [2.24, 2.45) is 0 Å². The second kappa shape index (κ2) is 8.83. The number of ether oxygens (including phenoxy) is 5. The average molecular weight is 397 g/mol. The van der Waals surface area contributed by atoms with Crippen LogP contribution in [-0.4, -0.2) is 44.0 Å². The lowest BCUT2D eigenvalue weighted by Crippen LogP contribution is -2.24. The fourth-order valence-corrected chi connectivity index (χ4v) is 3.74. The summed E-state index contributed by atoms with van der Waals surface area (Å²) in [5, 5.41) is 0. The first kappa shape index (κ1) is 20.7. The lowest BCUT2D eigenvalue weighted by atomic mass is 10.1. The molecule has 0 radical (unpaired) electrons. The zero-order chi connectivity index (χ0) is 20.0. The molecule has 2 aromatic carbocycles. The predicted molar refractivity (Wildman–Crippen MR) is 99.7 cm³/mol. The maximum atomic E-state index is 12.8. The van der Waals surface area contributed by atoms with Crippen molar-refractivity contribution in [1.82, 2.24) is 4.72 Å². The third kappa shape index (κ3) is 4.37. The summed E-state index contributed by atoms with van der Waals surface area (Å²) in [6.45, 7) is -0.0216. The smallest absolute Gasteiger partial charge is 0.244 e. The van der Waals surface area contributed by atoms with Crippen molar-refractivity contribution in [2.45, 2.75) is 11.4 Å². The van der Waals surface area contributed by atoms with Gasteiger partial charge in [-0.05, 0) is 18.2 Å². The van der Waals surface area contributed by atoms with Crippen LogP contribution in [0.15, 0.2) is 35.2 Å². The molecule has 0 saturated heterocycles. The molecule has 9 heteroatoms. The van der Waals surface area contributed by atoms with Gasteiger partial charge in [0.15, 0.2) is 11.5 Å². The molecule has 0 amide bonds. The lowest BCUT2D eigenvalue weighted by Gasteiger charge is -2.17. The third-order valence-corrected chi connectivity index (χ3v) is 5.32. The normalized spacial score (nSPS) is 11.0. The van der Waals surface area contributed by atoms with Gasteiger partial charge in [-0.25, -0.2) is 13.1 Å². The molecule has 27 heavy (non-hydrogen) atoms. The summed E-state index contributed by atoms with van der Waals surface area (Å²) < 4.78 is 54.3. The van der Waals surface area contributed by atoms with E-state index in [0.717, 1.165) is 0 Å². The van der Waals surface area contributed by atoms with Gasteiger partial charge < -0.3 is 23.7 Å². The van der Waals surface area contributed by atoms with E-state index in [0.29, 0.717) is 28.6 Å². The van der Waals surface area contributed by atoms with Crippen LogP contribution < -0.4 is 28.4 Å². The second-order valence-corrected chi connectivity index (χ2v) is 7.07. The highest BCUT2D eigenvalue weighted by Gasteiger charge is 2.22. The van der Waals surface area contributed by atoms with E-state index < -0.39 is 10.0 Å². The molecule has 0 fully saturated rings. The molecule has 0 atom stereocenters. The minimum atomic E-state index is -3.88. The van der Waals surface area contributed by atoms with Gasteiger partial charge in [0.05, 0.1) is 35.5 Å². The quantitative estimate of drug-likeness (QED) is 0.693. The van der Waals surface area contributed by atoms with Crippen LogP contribution >= 0.6 is 0 Å². The minimum absolute atomic E-state index is 0.0216. The summed E-state index contributed by atoms with van der Waals surface area (Å²) in [6, 6.07) is 7.93. The number of rotatable bonds is 9. The summed E-state index contributed by atoms with van der Waals surface area (Å²) in [6.07, 6.45) is 0. The van der Waals surface area contributed by atoms with Crippen molar-refractivity contribution in [2.75, 3.05) is 35.5 Å². The third-order valence-electron chi connectivity index (χ3n) is 3.90. The molecule has 1 N–H and O–H groups in total. The molecule has 0 aliphatic carbocycles. The van der Waals surface area contributed by atoms with Gasteiger partial charge in [0.2, 0.25) is 15.8 Å². The maximum Gasteiger partial charge on any atom is 0.244 e. The number of methoxy groups -OCH3 is 5. The van der Waals surface area contributed by atoms with Crippen LogP contribution in [0.3, 0.4) is 0 Å². The molecule has 0 aliphatic rings. The van der Waals surface area contributed by atoms with Crippen molar-refractivity contribution >= 4 is 10.0 Å². The molecule has 0 unspecified atom stereocenters. The summed E-state index contributed by atoms with van der Waals surface area (Å²) in [5.74, 6) is 1.87. The van der Waals surface area contributed by atoms with E-state index in [-0.39, 0.29) is 17.2 Å². The van der Waals surface area contributed by atoms with E-state index in [4.69, 9.17) is 23.7 Å². The Balaban J connectivity index is 2.36. The first-order valence-corrected chi connectivity index (χ1v) is 9.39. The zero-order valence-corrected chi connectivity index (χ0v) is 16.7. The second-order valence-electron chi connectivity index (χ2n) is 5.33. The Hall–Kier alpha value is -2.65. The van der Waals surface area contributed by atoms with Crippen LogP contribution in [0.2, 0.25) is 0 Å². The molecule has 0 saturated carbocycles. The molecule has 2 rings (SSSR count). The molecule has 0 heterocycles. The number of benzene rings is 2. The van der Waals surface area contributed by atoms with Crippen molar-refractivity contribution in [3.05, 3.63) is 35.9 Å². The molecule has 2 aromatic rings. The fourth-order valence-electron chi connectivity index (χ4n) is 2.55. The van der Waals surface area contributed by atoms with Crippen LogP contribution in [-0.2, 0) is 16.6 Å². The van der Waals surface area contributed by atoms with E-state index in [9.17, 15) is 8.42 Å². The topological polar surface area (TPSA) is 92.3 Å². The van der Waals surface area contributed by atoms with Gasteiger partial charge in [-0.3, -0.25) is 0 Å². The number of hydrogen-bond acceptors (Lipinski definition) is 7. The van der Waals surface area contributed by atoms with Crippen molar-refractivity contribution < 1.29 is 32.1 Å². The summed E-state index contributed by atoms with van der Waals surface area (Å²) in [4.78, 5) is -0.0243. The number of sulfonamides is 1. The Morgan fingerprint density at radius 3 is 1.96 bits per heavy atom. The molecule has 8 nitrogen and oxygen atoms in total. The van der Waals surface area contributed by atoms with Gasteiger partial charge in [-0.15, -0.1) is 0 Å². The van der Waals surface area contributed by atoms with Crippen LogP contribution in [0.25, 0.3) is 0 Å². The largest absolute Gasteiger partial charge is 0.497 e. The highest BCUT2D eigenvalue weighted by atomic mass is 32.2. The molecule has 0 aromatic heterocycles. The summed E-state index contributed by atoms with van der Waals surface area (Å²) in [5.41, 5.74) is 0.584. The van der Waals surface area contributed by atoms with Crippen LogP contribution in [0, 0.1) is 0 Å². The zero-order valence-electron chi connectivity index (χ0n) is 15.9. The molecule has 0 spiro atoms. The summed E-state index contributed by atoms with van der Waals surface area (Å²) >= 11 is 0. The maximum absolute atomic E-state index is 12.8. The molecular formula is C18H23NO7S. The monoisotopic (exact) mass is 397 g/mol. The molecule has 0 aliphatic heterocycles. The molecule has 0 bridgehead atoms. The van der Waals surface area contributed by atoms with Crippen LogP contribution in [0.1, 0.15) is 5.56 Å². The van der Waals surface area contributed by atoms with Gasteiger partial charge in [0.25, 0.3) is 0 Å². The number of hydrogen-bond donors (Lipinski definition) is 1. The average Bonchev–Trinajstić information content (AvgIpc) is 2.70. The van der Waals surface area contributed by atoms with Gasteiger partial charge in [-0.1, -0.05) is 6.07 Å². The van der Waals surface area contributed by atoms with Crippen molar-refractivity contribution in [1.29, 1.82) is 0 Å². The van der Waals surface area contributed by atoms with Crippen LogP contribution in [0.5, 0.6) is 28.7 Å². The van der Waals surface area contributed by atoms with Gasteiger partial charge >= 0.3 is 0 Å². The first-order valence-electron chi connectivity index (χ1n) is 7.91. The predicted octanol–water partition coefficient (Wildman–Crippen LogP) is 2.21. The first-order chi connectivity index (χ1) is 12.9. The summed E-state index contributed by atoms with van der Waals surface area (Å²) in [7, 11) is 3.45. The standard InChI is InChI=1S/C18H23NO7S/c1-22-13-7-9-14(23-2)16(10-13)27(20,21)19-11-12-6-8-15(24-3)18(26-5)17(12)25-4/h6-10,19H,11H2,1-5H3. The van der Waals surface area contributed by atoms with Crippen molar-refractivity contribution in [3.8, 4) is 28.7 Å². The highest BCUT2D eigenvalue weighted by molar-refractivity contribution is 7.89. The Bertz CT molecular complexity index is 897. The Kier molecular flexibility index (Phi) is 6.75. The van der Waals surface area contributed by atoms with E-state index in [1.54, 1.807) is 18.2 Å². The van der Waals surface area contributed by atoms with E-state index in [1.807, 2.05) is 0 Å². The highest BCUT2D eigenvalue weighted by Crippen LogP contribution is 2.40.